The van der Waals surface area contributed by atoms with Crippen molar-refractivity contribution < 1.29 is 4.74 Å². The number of fused-ring (bicyclic) bond motifs is 2. The van der Waals surface area contributed by atoms with E-state index >= 15 is 0 Å². The van der Waals surface area contributed by atoms with E-state index in [4.69, 9.17) is 9.72 Å². The van der Waals surface area contributed by atoms with E-state index in [1.807, 2.05) is 6.07 Å². The molecule has 0 saturated heterocycles. The van der Waals surface area contributed by atoms with Crippen molar-refractivity contribution in [2.45, 2.75) is 31.4 Å². The number of pyridine rings is 1. The molecule has 0 saturated carbocycles. The molecule has 2 nitrogen and oxygen atoms in total. The van der Waals surface area contributed by atoms with E-state index in [1.165, 1.54) is 35.0 Å². The molecule has 0 N–H and O–H groups in total. The van der Waals surface area contributed by atoms with Gasteiger partial charge in [-0.2, -0.15) is 12.6 Å². The van der Waals surface area contributed by atoms with Crippen molar-refractivity contribution in [2.75, 3.05) is 7.11 Å². The lowest BCUT2D eigenvalue weighted by atomic mass is 9.90. The number of rotatable bonds is 2. The summed E-state index contributed by atoms with van der Waals surface area (Å²) in [5, 5.41) is 1.20. The Kier molecular flexibility index (Phi) is 3.16. The van der Waals surface area contributed by atoms with Crippen LogP contribution < -0.4 is 4.74 Å². The number of hydrogen-bond donors (Lipinski definition) is 1. The molecule has 1 aromatic carbocycles. The van der Waals surface area contributed by atoms with E-state index in [9.17, 15) is 0 Å². The van der Waals surface area contributed by atoms with Crippen LogP contribution in [0.2, 0.25) is 0 Å². The van der Waals surface area contributed by atoms with E-state index in [0.29, 0.717) is 0 Å². The minimum absolute atomic E-state index is 0.772. The monoisotopic (exact) mass is 259 g/mol. The van der Waals surface area contributed by atoms with Crippen LogP contribution in [-0.2, 0) is 18.6 Å². The molecule has 0 fully saturated rings. The summed E-state index contributed by atoms with van der Waals surface area (Å²) in [6, 6.07) is 6.12. The SMILES string of the molecule is COc1ccc2nc3c(c(CS)c2c1)CCCC3. The van der Waals surface area contributed by atoms with Gasteiger partial charge in [-0.15, -0.1) is 0 Å². The highest BCUT2D eigenvalue weighted by Crippen LogP contribution is 2.32. The first-order valence-corrected chi connectivity index (χ1v) is 7.06. The maximum absolute atomic E-state index is 5.31. The molecule has 0 radical (unpaired) electrons. The molecule has 0 bridgehead atoms. The Balaban J connectivity index is 2.30. The van der Waals surface area contributed by atoms with Crippen molar-refractivity contribution >= 4 is 23.5 Å². The Labute approximate surface area is 113 Å². The molecular weight excluding hydrogens is 242 g/mol. The predicted octanol–water partition coefficient (Wildman–Crippen LogP) is 3.55. The Hall–Kier alpha value is -1.22. The number of methoxy groups -OCH3 is 1. The lowest BCUT2D eigenvalue weighted by Crippen LogP contribution is -2.09. The largest absolute Gasteiger partial charge is 0.497 e. The number of ether oxygens (including phenoxy) is 1. The first-order valence-electron chi connectivity index (χ1n) is 6.42. The second-order valence-corrected chi connectivity index (χ2v) is 5.08. The summed E-state index contributed by atoms with van der Waals surface area (Å²) < 4.78 is 5.31. The molecule has 1 aliphatic carbocycles. The Morgan fingerprint density at radius 2 is 2.11 bits per heavy atom. The third-order valence-corrected chi connectivity index (χ3v) is 4.06. The molecule has 0 atom stereocenters. The van der Waals surface area contributed by atoms with Gasteiger partial charge in [0.2, 0.25) is 0 Å². The predicted molar refractivity (Wildman–Crippen MR) is 77.6 cm³/mol. The van der Waals surface area contributed by atoms with Gasteiger partial charge in [-0.1, -0.05) is 0 Å². The summed E-state index contributed by atoms with van der Waals surface area (Å²) in [7, 11) is 1.70. The van der Waals surface area contributed by atoms with Crippen molar-refractivity contribution in [2.24, 2.45) is 0 Å². The molecule has 18 heavy (non-hydrogen) atoms. The number of aromatic nitrogens is 1. The second-order valence-electron chi connectivity index (χ2n) is 4.76. The van der Waals surface area contributed by atoms with Crippen molar-refractivity contribution in [3.63, 3.8) is 0 Å². The average Bonchev–Trinajstić information content (AvgIpc) is 2.44. The summed E-state index contributed by atoms with van der Waals surface area (Å²) >= 11 is 4.51. The Morgan fingerprint density at radius 1 is 1.28 bits per heavy atom. The van der Waals surface area contributed by atoms with Gasteiger partial charge in [0.25, 0.3) is 0 Å². The van der Waals surface area contributed by atoms with Crippen molar-refractivity contribution in [3.05, 3.63) is 35.0 Å². The zero-order valence-electron chi connectivity index (χ0n) is 10.6. The molecular formula is C15H17NOS. The topological polar surface area (TPSA) is 22.1 Å². The van der Waals surface area contributed by atoms with Crippen molar-refractivity contribution in [3.8, 4) is 5.75 Å². The number of thiol groups is 1. The fraction of sp³-hybridized carbons (Fsp3) is 0.400. The smallest absolute Gasteiger partial charge is 0.119 e. The lowest BCUT2D eigenvalue weighted by molar-refractivity contribution is 0.415. The highest BCUT2D eigenvalue weighted by atomic mass is 32.1. The van der Waals surface area contributed by atoms with Gasteiger partial charge in [-0.05, 0) is 55.0 Å². The molecule has 2 aromatic rings. The molecule has 3 heteroatoms. The Bertz CT molecular complexity index is 595. The third-order valence-electron chi connectivity index (χ3n) is 3.75. The highest BCUT2D eigenvalue weighted by molar-refractivity contribution is 7.79. The molecule has 0 unspecified atom stereocenters. The normalized spacial score (nSPS) is 14.6. The van der Waals surface area contributed by atoms with E-state index in [0.717, 1.165) is 29.9 Å². The molecule has 1 heterocycles. The van der Waals surface area contributed by atoms with Crippen LogP contribution >= 0.6 is 12.6 Å². The van der Waals surface area contributed by atoms with Gasteiger partial charge in [-0.3, -0.25) is 4.98 Å². The zero-order chi connectivity index (χ0) is 12.5. The summed E-state index contributed by atoms with van der Waals surface area (Å²) in [6.45, 7) is 0. The van der Waals surface area contributed by atoms with Gasteiger partial charge in [-0.25, -0.2) is 0 Å². The van der Waals surface area contributed by atoms with Gasteiger partial charge in [0.15, 0.2) is 0 Å². The van der Waals surface area contributed by atoms with Gasteiger partial charge >= 0.3 is 0 Å². The fourth-order valence-corrected chi connectivity index (χ4v) is 3.17. The van der Waals surface area contributed by atoms with Gasteiger partial charge in [0.1, 0.15) is 5.75 Å². The van der Waals surface area contributed by atoms with E-state index in [1.54, 1.807) is 7.11 Å². The highest BCUT2D eigenvalue weighted by Gasteiger charge is 2.17. The molecule has 94 valence electrons. The summed E-state index contributed by atoms with van der Waals surface area (Å²) in [5.74, 6) is 1.66. The number of hydrogen-bond acceptors (Lipinski definition) is 3. The third kappa shape index (κ3) is 1.87. The van der Waals surface area contributed by atoms with Gasteiger partial charge in [0.05, 0.1) is 12.6 Å². The fourth-order valence-electron chi connectivity index (χ4n) is 2.81. The molecule has 1 aliphatic rings. The van der Waals surface area contributed by atoms with Crippen LogP contribution in [0.5, 0.6) is 5.75 Å². The van der Waals surface area contributed by atoms with Crippen LogP contribution in [0.15, 0.2) is 18.2 Å². The quantitative estimate of drug-likeness (QED) is 0.833. The van der Waals surface area contributed by atoms with E-state index in [2.05, 4.69) is 24.8 Å². The van der Waals surface area contributed by atoms with Crippen LogP contribution in [0.3, 0.4) is 0 Å². The first-order chi connectivity index (χ1) is 8.83. The lowest BCUT2D eigenvalue weighted by Gasteiger charge is -2.20. The van der Waals surface area contributed by atoms with Crippen LogP contribution in [0.4, 0.5) is 0 Å². The number of benzene rings is 1. The molecule has 1 aromatic heterocycles. The van der Waals surface area contributed by atoms with Gasteiger partial charge in [0, 0.05) is 16.8 Å². The minimum atomic E-state index is 0.772. The van der Waals surface area contributed by atoms with E-state index in [-0.39, 0.29) is 0 Å². The van der Waals surface area contributed by atoms with Crippen LogP contribution in [-0.4, -0.2) is 12.1 Å². The standard InChI is InChI=1S/C15H17NOS/c1-17-10-6-7-15-12(8-10)13(9-18)11-4-2-3-5-14(11)16-15/h6-8,18H,2-5,9H2,1H3. The summed E-state index contributed by atoms with van der Waals surface area (Å²) in [4.78, 5) is 4.81. The van der Waals surface area contributed by atoms with Gasteiger partial charge < -0.3 is 4.74 Å². The number of nitrogens with zero attached hydrogens (tertiary/aromatic N) is 1. The average molecular weight is 259 g/mol. The van der Waals surface area contributed by atoms with Crippen LogP contribution in [0, 0.1) is 0 Å². The van der Waals surface area contributed by atoms with Crippen LogP contribution in [0.25, 0.3) is 10.9 Å². The summed E-state index contributed by atoms with van der Waals surface area (Å²) in [5.41, 5.74) is 5.12. The zero-order valence-corrected chi connectivity index (χ0v) is 11.5. The second kappa shape index (κ2) is 4.81. The Morgan fingerprint density at radius 3 is 2.89 bits per heavy atom. The summed E-state index contributed by atoms with van der Waals surface area (Å²) in [6.07, 6.45) is 4.78. The van der Waals surface area contributed by atoms with E-state index < -0.39 is 0 Å². The minimum Gasteiger partial charge on any atom is -0.497 e. The molecule has 0 amide bonds. The van der Waals surface area contributed by atoms with Crippen LogP contribution in [0.1, 0.15) is 29.7 Å². The molecule has 0 spiro atoms. The first kappa shape index (κ1) is 11.8. The maximum atomic E-state index is 5.31. The molecule has 3 rings (SSSR count). The number of aryl methyl sites for hydroxylation is 1. The van der Waals surface area contributed by atoms with Crippen molar-refractivity contribution in [1.29, 1.82) is 0 Å². The molecule has 0 aliphatic heterocycles. The van der Waals surface area contributed by atoms with Crippen molar-refractivity contribution in [1.82, 2.24) is 4.98 Å². The maximum Gasteiger partial charge on any atom is 0.119 e.